The predicted octanol–water partition coefficient (Wildman–Crippen LogP) is 2.74. The molecular weight excluding hydrogens is 366 g/mol. The summed E-state index contributed by atoms with van der Waals surface area (Å²) >= 11 is 0. The van der Waals surface area contributed by atoms with E-state index >= 15 is 0 Å². The number of aliphatic hydroxyl groups excluding tert-OH is 1. The zero-order chi connectivity index (χ0) is 19.7. The molecule has 0 spiro atoms. The number of rotatable bonds is 4. The lowest BCUT2D eigenvalue weighted by Gasteiger charge is -2.25. The summed E-state index contributed by atoms with van der Waals surface area (Å²) in [4.78, 5) is 14.1. The number of hydrogen-bond donors (Lipinski definition) is 2. The average Bonchev–Trinajstić information content (AvgIpc) is 3.33. The summed E-state index contributed by atoms with van der Waals surface area (Å²) in [7, 11) is 0. The van der Waals surface area contributed by atoms with Gasteiger partial charge in [-0.3, -0.25) is 4.79 Å². The van der Waals surface area contributed by atoms with Gasteiger partial charge in [-0.05, 0) is 49.1 Å². The fourth-order valence-electron chi connectivity index (χ4n) is 4.03. The Labute approximate surface area is 161 Å². The molecule has 1 saturated carbocycles. The first-order valence-corrected chi connectivity index (χ1v) is 9.55. The molecule has 1 aliphatic heterocycles. The van der Waals surface area contributed by atoms with Gasteiger partial charge in [0.05, 0.1) is 12.1 Å². The van der Waals surface area contributed by atoms with Crippen molar-refractivity contribution in [2.75, 3.05) is 11.4 Å². The lowest BCUT2D eigenvalue weighted by molar-refractivity contribution is 0.0931. The molecule has 1 aromatic heterocycles. The molecule has 1 aromatic carbocycles. The third-order valence-corrected chi connectivity index (χ3v) is 5.48. The number of anilines is 1. The van der Waals surface area contributed by atoms with Gasteiger partial charge in [-0.1, -0.05) is 18.9 Å². The minimum Gasteiger partial charge on any atom is -0.391 e. The summed E-state index contributed by atoms with van der Waals surface area (Å²) in [5.74, 6) is -1.61. The number of halogens is 2. The molecule has 0 bridgehead atoms. The number of carbonyl (C=O) groups is 1. The van der Waals surface area contributed by atoms with Crippen LogP contribution < -0.4 is 10.2 Å². The number of aromatic nitrogens is 2. The van der Waals surface area contributed by atoms with Crippen molar-refractivity contribution in [3.63, 3.8) is 0 Å². The molecule has 0 radical (unpaired) electrons. The lowest BCUT2D eigenvalue weighted by Crippen LogP contribution is -2.33. The lowest BCUT2D eigenvalue weighted by atomic mass is 10.0. The highest BCUT2D eigenvalue weighted by Gasteiger charge is 2.33. The molecule has 2 aromatic rings. The van der Waals surface area contributed by atoms with Gasteiger partial charge in [-0.15, -0.1) is 10.2 Å². The van der Waals surface area contributed by atoms with E-state index in [1.807, 2.05) is 0 Å². The summed E-state index contributed by atoms with van der Waals surface area (Å²) in [5.41, 5.74) is 0.792. The van der Waals surface area contributed by atoms with Crippen molar-refractivity contribution < 1.29 is 18.7 Å². The maximum atomic E-state index is 13.6. The third-order valence-electron chi connectivity index (χ3n) is 5.48. The molecule has 2 N–H and O–H groups in total. The molecule has 1 saturated heterocycles. The summed E-state index contributed by atoms with van der Waals surface area (Å²) in [6.07, 6.45) is 3.97. The normalized spacial score (nSPS) is 22.6. The second-order valence-electron chi connectivity index (χ2n) is 7.46. The molecule has 2 unspecified atom stereocenters. The molecule has 2 heterocycles. The number of benzene rings is 1. The average molecular weight is 388 g/mol. The Morgan fingerprint density at radius 1 is 1.11 bits per heavy atom. The standard InChI is InChI=1S/C20H22F2N4O2/c21-15-6-5-12(9-16(15)22)18-10-14(27)11-26(18)19-8-7-17(24-25-19)20(28)23-13-3-1-2-4-13/h5-9,13-14,18,27H,1-4,10-11H2,(H,23,28). The van der Waals surface area contributed by atoms with Gasteiger partial charge in [0.2, 0.25) is 0 Å². The molecule has 2 atom stereocenters. The van der Waals surface area contributed by atoms with E-state index in [9.17, 15) is 18.7 Å². The van der Waals surface area contributed by atoms with E-state index in [0.29, 0.717) is 24.3 Å². The van der Waals surface area contributed by atoms with Crippen LogP contribution in [0.1, 0.15) is 54.2 Å². The summed E-state index contributed by atoms with van der Waals surface area (Å²) in [6.45, 7) is 0.298. The van der Waals surface area contributed by atoms with Crippen LogP contribution in [0, 0.1) is 11.6 Å². The molecule has 2 aliphatic rings. The summed E-state index contributed by atoms with van der Waals surface area (Å²) in [5, 5.41) is 21.2. The van der Waals surface area contributed by atoms with Crippen molar-refractivity contribution in [1.29, 1.82) is 0 Å². The Morgan fingerprint density at radius 2 is 1.89 bits per heavy atom. The van der Waals surface area contributed by atoms with Crippen molar-refractivity contribution >= 4 is 11.7 Å². The van der Waals surface area contributed by atoms with Crippen LogP contribution in [0.4, 0.5) is 14.6 Å². The topological polar surface area (TPSA) is 78.4 Å². The molecule has 6 nitrogen and oxygen atoms in total. The first-order chi connectivity index (χ1) is 13.5. The Balaban J connectivity index is 1.51. The molecule has 2 fully saturated rings. The summed E-state index contributed by atoms with van der Waals surface area (Å²) in [6, 6.07) is 6.84. The van der Waals surface area contributed by atoms with Gasteiger partial charge >= 0.3 is 0 Å². The van der Waals surface area contributed by atoms with Gasteiger partial charge in [0.25, 0.3) is 5.91 Å². The zero-order valence-electron chi connectivity index (χ0n) is 15.3. The Bertz CT molecular complexity index is 856. The quantitative estimate of drug-likeness (QED) is 0.842. The van der Waals surface area contributed by atoms with Crippen LogP contribution in [-0.2, 0) is 0 Å². The minimum absolute atomic E-state index is 0.195. The van der Waals surface area contributed by atoms with Gasteiger partial charge in [0.15, 0.2) is 23.1 Å². The molecule has 1 aliphatic carbocycles. The second kappa shape index (κ2) is 7.79. The van der Waals surface area contributed by atoms with Gasteiger partial charge in [0.1, 0.15) is 0 Å². The molecule has 8 heteroatoms. The number of nitrogens with zero attached hydrogens (tertiary/aromatic N) is 3. The van der Waals surface area contributed by atoms with Crippen LogP contribution in [0.5, 0.6) is 0 Å². The highest BCUT2D eigenvalue weighted by atomic mass is 19.2. The molecule has 1 amide bonds. The van der Waals surface area contributed by atoms with Crippen LogP contribution >= 0.6 is 0 Å². The monoisotopic (exact) mass is 388 g/mol. The van der Waals surface area contributed by atoms with E-state index in [-0.39, 0.29) is 23.7 Å². The highest BCUT2D eigenvalue weighted by molar-refractivity contribution is 5.92. The molecule has 4 rings (SSSR count). The van der Waals surface area contributed by atoms with Crippen LogP contribution in [-0.4, -0.2) is 39.9 Å². The van der Waals surface area contributed by atoms with E-state index in [1.165, 1.54) is 6.07 Å². The van der Waals surface area contributed by atoms with Gasteiger partial charge in [0, 0.05) is 12.6 Å². The fraction of sp³-hybridized carbons (Fsp3) is 0.450. The van der Waals surface area contributed by atoms with E-state index in [1.54, 1.807) is 17.0 Å². The van der Waals surface area contributed by atoms with E-state index in [4.69, 9.17) is 0 Å². The van der Waals surface area contributed by atoms with Crippen LogP contribution in [0.25, 0.3) is 0 Å². The minimum atomic E-state index is -0.927. The van der Waals surface area contributed by atoms with Crippen molar-refractivity contribution in [2.24, 2.45) is 0 Å². The zero-order valence-corrected chi connectivity index (χ0v) is 15.3. The van der Waals surface area contributed by atoms with E-state index < -0.39 is 17.7 Å². The first kappa shape index (κ1) is 18.7. The second-order valence-corrected chi connectivity index (χ2v) is 7.46. The molecular formula is C20H22F2N4O2. The van der Waals surface area contributed by atoms with Crippen molar-refractivity contribution in [3.8, 4) is 0 Å². The fourth-order valence-corrected chi connectivity index (χ4v) is 4.03. The predicted molar refractivity (Wildman–Crippen MR) is 98.8 cm³/mol. The first-order valence-electron chi connectivity index (χ1n) is 9.55. The van der Waals surface area contributed by atoms with Crippen LogP contribution in [0.3, 0.4) is 0 Å². The number of nitrogens with one attached hydrogen (secondary N) is 1. The van der Waals surface area contributed by atoms with Crippen LogP contribution in [0.15, 0.2) is 30.3 Å². The number of aliphatic hydroxyl groups is 1. The smallest absolute Gasteiger partial charge is 0.272 e. The van der Waals surface area contributed by atoms with E-state index in [2.05, 4.69) is 15.5 Å². The SMILES string of the molecule is O=C(NC1CCCC1)c1ccc(N2CC(O)CC2c2ccc(F)c(F)c2)nn1. The molecule has 28 heavy (non-hydrogen) atoms. The maximum Gasteiger partial charge on any atom is 0.272 e. The number of amides is 1. The van der Waals surface area contributed by atoms with Gasteiger partial charge in [-0.25, -0.2) is 8.78 Å². The summed E-state index contributed by atoms with van der Waals surface area (Å²) < 4.78 is 26.9. The van der Waals surface area contributed by atoms with Crippen molar-refractivity contribution in [3.05, 3.63) is 53.2 Å². The largest absolute Gasteiger partial charge is 0.391 e. The third kappa shape index (κ3) is 3.82. The Hall–Kier alpha value is -2.61. The van der Waals surface area contributed by atoms with E-state index in [0.717, 1.165) is 37.8 Å². The van der Waals surface area contributed by atoms with Crippen LogP contribution in [0.2, 0.25) is 0 Å². The van der Waals surface area contributed by atoms with Crippen molar-refractivity contribution in [1.82, 2.24) is 15.5 Å². The highest BCUT2D eigenvalue weighted by Crippen LogP contribution is 2.35. The Kier molecular flexibility index (Phi) is 5.21. The number of β-amino-alcohol motifs (C(OH)–C–C–N with tert-alkyl or cyclic N) is 1. The number of hydrogen-bond acceptors (Lipinski definition) is 5. The maximum absolute atomic E-state index is 13.6. The van der Waals surface area contributed by atoms with Crippen molar-refractivity contribution in [2.45, 2.75) is 50.3 Å². The Morgan fingerprint density at radius 3 is 2.57 bits per heavy atom. The number of carbonyl (C=O) groups excluding carboxylic acids is 1. The van der Waals surface area contributed by atoms with Gasteiger partial charge < -0.3 is 15.3 Å². The van der Waals surface area contributed by atoms with Gasteiger partial charge in [-0.2, -0.15) is 0 Å². The molecule has 148 valence electrons.